The molecule has 1 aromatic heterocycles. The van der Waals surface area contributed by atoms with E-state index in [0.29, 0.717) is 36.8 Å². The predicted molar refractivity (Wildman–Crippen MR) is 86.9 cm³/mol. The maximum atomic E-state index is 13.6. The summed E-state index contributed by atoms with van der Waals surface area (Å²) in [6.45, 7) is 1.08. The van der Waals surface area contributed by atoms with E-state index in [-0.39, 0.29) is 18.0 Å². The third-order valence-corrected chi connectivity index (χ3v) is 4.73. The number of fused-ring (bicyclic) bond motifs is 1. The quantitative estimate of drug-likeness (QED) is 0.817. The van der Waals surface area contributed by atoms with Crippen molar-refractivity contribution in [2.75, 3.05) is 19.6 Å². The summed E-state index contributed by atoms with van der Waals surface area (Å²) in [6, 6.07) is 5.08. The number of aromatic amines is 1. The average Bonchev–Trinajstić information content (AvgIpc) is 2.94. The van der Waals surface area contributed by atoms with Crippen molar-refractivity contribution in [3.63, 3.8) is 0 Å². The van der Waals surface area contributed by atoms with Crippen LogP contribution in [-0.2, 0) is 4.74 Å². The molecule has 7 nitrogen and oxygen atoms in total. The van der Waals surface area contributed by atoms with E-state index in [4.69, 9.17) is 4.74 Å². The molecule has 2 saturated heterocycles. The van der Waals surface area contributed by atoms with Crippen LogP contribution in [0.1, 0.15) is 23.2 Å². The van der Waals surface area contributed by atoms with Gasteiger partial charge in [-0.1, -0.05) is 0 Å². The summed E-state index contributed by atoms with van der Waals surface area (Å²) in [7, 11) is 0. The van der Waals surface area contributed by atoms with E-state index < -0.39 is 23.1 Å². The number of hydrogen-bond donors (Lipinski definition) is 2. The lowest BCUT2D eigenvalue weighted by Gasteiger charge is -2.38. The molecule has 2 fully saturated rings. The number of benzene rings is 1. The first kappa shape index (κ1) is 15.6. The second-order valence-corrected chi connectivity index (χ2v) is 6.49. The Kier molecular flexibility index (Phi) is 3.48. The Morgan fingerprint density at radius 1 is 1.28 bits per heavy atom. The first-order valence-electron chi connectivity index (χ1n) is 8.05. The molecule has 2 aliphatic rings. The van der Waals surface area contributed by atoms with Crippen LogP contribution in [0.3, 0.4) is 0 Å². The molecular weight excluding hydrogens is 329 g/mol. The van der Waals surface area contributed by atoms with Crippen molar-refractivity contribution in [1.29, 1.82) is 0 Å². The number of carbonyl (C=O) groups is 2. The molecule has 8 heteroatoms. The fraction of sp³-hybridized carbons (Fsp3) is 0.353. The van der Waals surface area contributed by atoms with Crippen molar-refractivity contribution in [3.05, 3.63) is 46.0 Å². The second kappa shape index (κ2) is 5.58. The van der Waals surface area contributed by atoms with Crippen molar-refractivity contribution >= 4 is 22.9 Å². The molecule has 3 heterocycles. The number of carbonyl (C=O) groups excluding carboxylic acids is 2. The Morgan fingerprint density at radius 3 is 2.88 bits per heavy atom. The average molecular weight is 345 g/mol. The third-order valence-electron chi connectivity index (χ3n) is 4.73. The Hall–Kier alpha value is -2.90. The highest BCUT2D eigenvalue weighted by Gasteiger charge is 2.45. The number of rotatable bonds is 1. The molecule has 2 amide bonds. The summed E-state index contributed by atoms with van der Waals surface area (Å²) < 4.78 is 19.0. The van der Waals surface area contributed by atoms with Gasteiger partial charge in [-0.2, -0.15) is 0 Å². The number of halogens is 1. The van der Waals surface area contributed by atoms with Crippen LogP contribution in [0.4, 0.5) is 9.18 Å². The molecule has 130 valence electrons. The van der Waals surface area contributed by atoms with Crippen LogP contribution in [0.2, 0.25) is 0 Å². The summed E-state index contributed by atoms with van der Waals surface area (Å²) in [5.41, 5.74) is -0.610. The number of amides is 2. The van der Waals surface area contributed by atoms with Crippen molar-refractivity contribution in [2.45, 2.75) is 18.4 Å². The molecule has 0 radical (unpaired) electrons. The van der Waals surface area contributed by atoms with Crippen LogP contribution in [0.5, 0.6) is 0 Å². The van der Waals surface area contributed by atoms with Gasteiger partial charge in [0, 0.05) is 23.5 Å². The minimum atomic E-state index is -0.729. The van der Waals surface area contributed by atoms with Gasteiger partial charge in [0.1, 0.15) is 11.4 Å². The van der Waals surface area contributed by atoms with Gasteiger partial charge in [-0.25, -0.2) is 9.18 Å². The normalized spacial score (nSPS) is 22.9. The van der Waals surface area contributed by atoms with Gasteiger partial charge in [0.25, 0.3) is 5.91 Å². The highest BCUT2D eigenvalue weighted by Crippen LogP contribution is 2.29. The van der Waals surface area contributed by atoms with E-state index >= 15 is 0 Å². The zero-order valence-corrected chi connectivity index (χ0v) is 13.3. The van der Waals surface area contributed by atoms with Gasteiger partial charge >= 0.3 is 6.09 Å². The van der Waals surface area contributed by atoms with Crippen LogP contribution >= 0.6 is 0 Å². The number of H-pyrrole nitrogens is 1. The second-order valence-electron chi connectivity index (χ2n) is 6.49. The van der Waals surface area contributed by atoms with Crippen LogP contribution in [0, 0.1) is 5.82 Å². The van der Waals surface area contributed by atoms with Crippen molar-refractivity contribution in [3.8, 4) is 0 Å². The molecule has 1 atom stereocenters. The number of alkyl carbamates (subject to hydrolysis) is 1. The van der Waals surface area contributed by atoms with Gasteiger partial charge < -0.3 is 19.9 Å². The van der Waals surface area contributed by atoms with Gasteiger partial charge in [0.2, 0.25) is 5.56 Å². The molecule has 0 bridgehead atoms. The van der Waals surface area contributed by atoms with Crippen LogP contribution in [0.25, 0.3) is 10.9 Å². The number of aromatic nitrogens is 1. The standard InChI is InChI=1S/C17H16FN3O4/c18-10-2-3-13-11(6-10)12(7-14(22)20-13)15(23)21-5-1-4-17(9-21)8-19-16(24)25-17/h2-3,6-7H,1,4-5,8-9H2,(H,19,24)(H,20,22). The van der Waals surface area contributed by atoms with Crippen molar-refractivity contribution in [2.24, 2.45) is 0 Å². The molecule has 0 aliphatic carbocycles. The van der Waals surface area contributed by atoms with Crippen LogP contribution in [-0.4, -0.2) is 47.1 Å². The van der Waals surface area contributed by atoms with E-state index in [1.165, 1.54) is 24.3 Å². The maximum Gasteiger partial charge on any atom is 0.407 e. The SMILES string of the molecule is O=C1NCC2(CCCN(C(=O)c3cc(=O)[nH]c4ccc(F)cc34)C2)O1. The first-order valence-corrected chi connectivity index (χ1v) is 8.05. The molecule has 1 unspecified atom stereocenters. The number of hydrogen-bond acceptors (Lipinski definition) is 4. The van der Waals surface area contributed by atoms with Gasteiger partial charge in [-0.15, -0.1) is 0 Å². The summed E-state index contributed by atoms with van der Waals surface area (Å²) in [5.74, 6) is -0.860. The molecule has 2 N–H and O–H groups in total. The largest absolute Gasteiger partial charge is 0.439 e. The number of nitrogens with zero attached hydrogens (tertiary/aromatic N) is 1. The number of ether oxygens (including phenoxy) is 1. The molecule has 4 rings (SSSR count). The zero-order valence-electron chi connectivity index (χ0n) is 13.3. The first-order chi connectivity index (χ1) is 12.0. The Labute approximate surface area is 141 Å². The maximum absolute atomic E-state index is 13.6. The van der Waals surface area contributed by atoms with Crippen LogP contribution < -0.4 is 10.9 Å². The monoisotopic (exact) mass is 345 g/mol. The molecule has 25 heavy (non-hydrogen) atoms. The minimum absolute atomic E-state index is 0.146. The number of pyridine rings is 1. The lowest BCUT2D eigenvalue weighted by Crippen LogP contribution is -2.52. The summed E-state index contributed by atoms with van der Waals surface area (Å²) in [5, 5.41) is 2.97. The lowest BCUT2D eigenvalue weighted by molar-refractivity contribution is -0.00497. The van der Waals surface area contributed by atoms with E-state index in [9.17, 15) is 18.8 Å². The summed E-state index contributed by atoms with van der Waals surface area (Å²) in [4.78, 5) is 40.4. The molecule has 0 saturated carbocycles. The highest BCUT2D eigenvalue weighted by molar-refractivity contribution is 6.06. The van der Waals surface area contributed by atoms with Gasteiger partial charge in [-0.3, -0.25) is 9.59 Å². The van der Waals surface area contributed by atoms with Gasteiger partial charge in [-0.05, 0) is 31.0 Å². The topological polar surface area (TPSA) is 91.5 Å². The minimum Gasteiger partial charge on any atom is -0.439 e. The summed E-state index contributed by atoms with van der Waals surface area (Å²) in [6.07, 6.45) is 0.856. The molecule has 1 aromatic carbocycles. The Balaban J connectivity index is 1.71. The van der Waals surface area contributed by atoms with Gasteiger partial charge in [0.05, 0.1) is 18.7 Å². The molecule has 1 spiro atoms. The fourth-order valence-electron chi connectivity index (χ4n) is 3.57. The van der Waals surface area contributed by atoms with Crippen LogP contribution in [0.15, 0.2) is 29.1 Å². The van der Waals surface area contributed by atoms with E-state index in [0.717, 1.165) is 0 Å². The predicted octanol–water partition coefficient (Wildman–Crippen LogP) is 1.38. The highest BCUT2D eigenvalue weighted by atomic mass is 19.1. The Morgan fingerprint density at radius 2 is 2.12 bits per heavy atom. The number of piperidine rings is 1. The van der Waals surface area contributed by atoms with E-state index in [1.807, 2.05) is 0 Å². The molecular formula is C17H16FN3O4. The Bertz CT molecular complexity index is 941. The van der Waals surface area contributed by atoms with E-state index in [1.54, 1.807) is 4.90 Å². The summed E-state index contributed by atoms with van der Waals surface area (Å²) >= 11 is 0. The third kappa shape index (κ3) is 2.73. The fourth-order valence-corrected chi connectivity index (χ4v) is 3.57. The molecule has 2 aromatic rings. The molecule has 2 aliphatic heterocycles. The van der Waals surface area contributed by atoms with Crippen molar-refractivity contribution < 1.29 is 18.7 Å². The number of likely N-dealkylation sites (tertiary alicyclic amines) is 1. The zero-order chi connectivity index (χ0) is 17.6. The lowest BCUT2D eigenvalue weighted by atomic mass is 9.92. The number of nitrogens with one attached hydrogen (secondary N) is 2. The van der Waals surface area contributed by atoms with E-state index in [2.05, 4.69) is 10.3 Å². The van der Waals surface area contributed by atoms with Gasteiger partial charge in [0.15, 0.2) is 0 Å². The van der Waals surface area contributed by atoms with Crippen molar-refractivity contribution in [1.82, 2.24) is 15.2 Å². The smallest absolute Gasteiger partial charge is 0.407 e.